The minimum absolute atomic E-state index is 0.0506. The number of aromatic nitrogens is 2. The summed E-state index contributed by atoms with van der Waals surface area (Å²) in [7, 11) is 0.733. The lowest BCUT2D eigenvalue weighted by molar-refractivity contribution is -0.117. The molecule has 0 bridgehead atoms. The van der Waals surface area contributed by atoms with Crippen LogP contribution < -0.4 is 15.7 Å². The summed E-state index contributed by atoms with van der Waals surface area (Å²) in [6, 6.07) is 9.02. The molecule has 0 saturated heterocycles. The largest absolute Gasteiger partial charge is 0.497 e. The van der Waals surface area contributed by atoms with E-state index in [2.05, 4.69) is 5.32 Å². The first-order valence-corrected chi connectivity index (χ1v) is 10.6. The van der Waals surface area contributed by atoms with Gasteiger partial charge in [-0.25, -0.2) is 13.2 Å². The second-order valence-electron chi connectivity index (χ2n) is 7.18. The second kappa shape index (κ2) is 6.77. The third-order valence-corrected chi connectivity index (χ3v) is 7.05. The summed E-state index contributed by atoms with van der Waals surface area (Å²) < 4.78 is 34.7. The van der Waals surface area contributed by atoms with E-state index in [1.165, 1.54) is 34.4 Å². The summed E-state index contributed by atoms with van der Waals surface area (Å²) in [4.78, 5) is 24.7. The molecule has 0 radical (unpaired) electrons. The average Bonchev–Trinajstić information content (AvgIpc) is 3.54. The van der Waals surface area contributed by atoms with E-state index in [-0.39, 0.29) is 33.0 Å². The van der Waals surface area contributed by atoms with Gasteiger partial charge in [-0.2, -0.15) is 0 Å². The number of nitrogens with zero attached hydrogens (tertiary/aromatic N) is 2. The monoisotopic (exact) mass is 415 g/mol. The molecule has 1 heterocycles. The topological polar surface area (TPSA) is 99.4 Å². The van der Waals surface area contributed by atoms with Crippen LogP contribution in [-0.2, 0) is 28.7 Å². The molecule has 1 aliphatic carbocycles. The number of aryl methyl sites for hydroxylation is 2. The third kappa shape index (κ3) is 3.21. The van der Waals surface area contributed by atoms with Gasteiger partial charge in [-0.3, -0.25) is 13.9 Å². The van der Waals surface area contributed by atoms with Crippen LogP contribution in [0, 0.1) is 5.92 Å². The molecule has 8 nitrogen and oxygen atoms in total. The van der Waals surface area contributed by atoms with Crippen molar-refractivity contribution in [3.8, 4) is 5.75 Å². The van der Waals surface area contributed by atoms with Gasteiger partial charge in [0, 0.05) is 20.0 Å². The molecular formula is C20H21N3O5S. The smallest absolute Gasteiger partial charge is 0.328 e. The molecule has 3 aromatic rings. The van der Waals surface area contributed by atoms with Crippen molar-refractivity contribution in [3.05, 3.63) is 46.9 Å². The van der Waals surface area contributed by atoms with Gasteiger partial charge < -0.3 is 10.1 Å². The standard InChI is InChI=1S/C20H21N3O5S/c1-22-16-10-15(21-19(24)12-4-5-12)18(11-17(16)23(2)20(22)25)29(26,27)14-8-6-13(28-3)7-9-14/h6-12H,4-5H2,1-3H3,(H,21,24). The Kier molecular flexibility index (Phi) is 4.49. The number of carbonyl (C=O) groups is 1. The first-order chi connectivity index (χ1) is 13.7. The highest BCUT2D eigenvalue weighted by Gasteiger charge is 2.32. The lowest BCUT2D eigenvalue weighted by Crippen LogP contribution is -2.19. The minimum atomic E-state index is -3.95. The van der Waals surface area contributed by atoms with E-state index >= 15 is 0 Å². The molecule has 29 heavy (non-hydrogen) atoms. The summed E-state index contributed by atoms with van der Waals surface area (Å²) in [5.41, 5.74) is 0.899. The minimum Gasteiger partial charge on any atom is -0.497 e. The molecule has 1 saturated carbocycles. The van der Waals surface area contributed by atoms with Crippen LogP contribution in [0.5, 0.6) is 5.75 Å². The fraction of sp³-hybridized carbons (Fsp3) is 0.300. The van der Waals surface area contributed by atoms with E-state index in [0.717, 1.165) is 12.8 Å². The summed E-state index contributed by atoms with van der Waals surface area (Å²) >= 11 is 0. The lowest BCUT2D eigenvalue weighted by atomic mass is 10.2. The Labute approximate surface area is 167 Å². The van der Waals surface area contributed by atoms with Gasteiger partial charge in [-0.05, 0) is 49.2 Å². The van der Waals surface area contributed by atoms with Crippen molar-refractivity contribution in [3.63, 3.8) is 0 Å². The number of methoxy groups -OCH3 is 1. The molecule has 9 heteroatoms. The first kappa shape index (κ1) is 19.3. The van der Waals surface area contributed by atoms with Crippen LogP contribution in [0.3, 0.4) is 0 Å². The SMILES string of the molecule is COc1ccc(S(=O)(=O)c2cc3c(cc2NC(=O)C2CC2)n(C)c(=O)n3C)cc1. The van der Waals surface area contributed by atoms with Crippen LogP contribution in [0.25, 0.3) is 11.0 Å². The van der Waals surface area contributed by atoms with Gasteiger partial charge in [-0.15, -0.1) is 0 Å². The highest BCUT2D eigenvalue weighted by Crippen LogP contribution is 2.35. The van der Waals surface area contributed by atoms with Crippen molar-refractivity contribution in [1.82, 2.24) is 9.13 Å². The molecule has 4 rings (SSSR count). The number of rotatable bonds is 5. The molecule has 0 aliphatic heterocycles. The number of ether oxygens (including phenoxy) is 1. The Morgan fingerprint density at radius 1 is 1.07 bits per heavy atom. The van der Waals surface area contributed by atoms with Crippen molar-refractivity contribution in [1.29, 1.82) is 0 Å². The quantitative estimate of drug-likeness (QED) is 0.688. The van der Waals surface area contributed by atoms with Gasteiger partial charge >= 0.3 is 5.69 Å². The Morgan fingerprint density at radius 3 is 2.21 bits per heavy atom. The zero-order valence-electron chi connectivity index (χ0n) is 16.3. The van der Waals surface area contributed by atoms with Crippen molar-refractivity contribution >= 4 is 32.5 Å². The number of anilines is 1. The average molecular weight is 415 g/mol. The van der Waals surface area contributed by atoms with Crippen molar-refractivity contribution < 1.29 is 17.9 Å². The van der Waals surface area contributed by atoms with E-state index in [9.17, 15) is 18.0 Å². The Morgan fingerprint density at radius 2 is 1.66 bits per heavy atom. The number of amides is 1. The summed E-state index contributed by atoms with van der Waals surface area (Å²) in [6.45, 7) is 0. The van der Waals surface area contributed by atoms with Gasteiger partial charge in [0.2, 0.25) is 15.7 Å². The number of nitrogens with one attached hydrogen (secondary N) is 1. The number of fused-ring (bicyclic) bond motifs is 1. The zero-order chi connectivity index (χ0) is 20.9. The summed E-state index contributed by atoms with van der Waals surface area (Å²) in [6.07, 6.45) is 1.58. The molecule has 1 aromatic heterocycles. The molecule has 0 atom stereocenters. The fourth-order valence-electron chi connectivity index (χ4n) is 3.31. The van der Waals surface area contributed by atoms with Crippen LogP contribution in [0.1, 0.15) is 12.8 Å². The molecule has 1 aliphatic rings. The number of carbonyl (C=O) groups excluding carboxylic acids is 1. The maximum atomic E-state index is 13.4. The first-order valence-electron chi connectivity index (χ1n) is 9.13. The summed E-state index contributed by atoms with van der Waals surface area (Å²) in [5, 5.41) is 2.75. The predicted octanol–water partition coefficient (Wildman–Crippen LogP) is 2.07. The van der Waals surface area contributed by atoms with Gasteiger partial charge in [0.1, 0.15) is 5.75 Å². The molecule has 1 fully saturated rings. The third-order valence-electron chi connectivity index (χ3n) is 5.24. The summed E-state index contributed by atoms with van der Waals surface area (Å²) in [5.74, 6) is 0.227. The van der Waals surface area contributed by atoms with Crippen molar-refractivity contribution in [2.45, 2.75) is 22.6 Å². The number of benzene rings is 2. The van der Waals surface area contributed by atoms with E-state index < -0.39 is 9.84 Å². The van der Waals surface area contributed by atoms with Crippen LogP contribution in [0.4, 0.5) is 5.69 Å². The maximum Gasteiger partial charge on any atom is 0.328 e. The number of imidazole rings is 1. The van der Waals surface area contributed by atoms with Gasteiger partial charge in [0.05, 0.1) is 33.6 Å². The van der Waals surface area contributed by atoms with Gasteiger partial charge in [0.25, 0.3) is 0 Å². The van der Waals surface area contributed by atoms with E-state index in [0.29, 0.717) is 16.8 Å². The van der Waals surface area contributed by atoms with Crippen LogP contribution >= 0.6 is 0 Å². The van der Waals surface area contributed by atoms with Gasteiger partial charge in [0.15, 0.2) is 0 Å². The second-order valence-corrected chi connectivity index (χ2v) is 9.10. The Hall–Kier alpha value is -3.07. The molecular weight excluding hydrogens is 394 g/mol. The molecule has 1 N–H and O–H groups in total. The molecule has 1 amide bonds. The normalized spacial score (nSPS) is 14.2. The number of hydrogen-bond acceptors (Lipinski definition) is 5. The molecule has 152 valence electrons. The van der Waals surface area contributed by atoms with Crippen molar-refractivity contribution in [2.75, 3.05) is 12.4 Å². The fourth-order valence-corrected chi connectivity index (χ4v) is 4.72. The molecule has 0 unspecified atom stereocenters. The highest BCUT2D eigenvalue weighted by molar-refractivity contribution is 7.91. The van der Waals surface area contributed by atoms with Crippen molar-refractivity contribution in [2.24, 2.45) is 20.0 Å². The predicted molar refractivity (Wildman–Crippen MR) is 108 cm³/mol. The number of hydrogen-bond donors (Lipinski definition) is 1. The van der Waals surface area contributed by atoms with E-state index in [1.807, 2.05) is 0 Å². The molecule has 0 spiro atoms. The van der Waals surface area contributed by atoms with Crippen LogP contribution in [0.2, 0.25) is 0 Å². The molecule has 2 aromatic carbocycles. The van der Waals surface area contributed by atoms with Gasteiger partial charge in [-0.1, -0.05) is 0 Å². The highest BCUT2D eigenvalue weighted by atomic mass is 32.2. The van der Waals surface area contributed by atoms with Crippen LogP contribution in [-0.4, -0.2) is 30.6 Å². The lowest BCUT2D eigenvalue weighted by Gasteiger charge is -2.13. The zero-order valence-corrected chi connectivity index (χ0v) is 17.1. The maximum absolute atomic E-state index is 13.4. The number of sulfone groups is 1. The Balaban J connectivity index is 1.93. The Bertz CT molecular complexity index is 1280. The van der Waals surface area contributed by atoms with E-state index in [1.54, 1.807) is 32.3 Å². The van der Waals surface area contributed by atoms with Crippen LogP contribution in [0.15, 0.2) is 51.0 Å². The van der Waals surface area contributed by atoms with E-state index in [4.69, 9.17) is 4.74 Å².